The molecule has 114 valence electrons. The number of azide groups is 1. The number of hydrogen-bond donors (Lipinski definition) is 5. The number of hydrogen-bond acceptors (Lipinski definition) is 7. The van der Waals surface area contributed by atoms with Crippen molar-refractivity contribution in [2.75, 3.05) is 6.61 Å². The lowest BCUT2D eigenvalue weighted by molar-refractivity contribution is -0.141. The van der Waals surface area contributed by atoms with Gasteiger partial charge in [-0.05, 0) is 5.53 Å². The third-order valence-corrected chi connectivity index (χ3v) is 2.14. The van der Waals surface area contributed by atoms with Crippen molar-refractivity contribution in [1.29, 1.82) is 0 Å². The fraction of sp³-hybridized carbons (Fsp3) is 0.750. The maximum Gasteiger partial charge on any atom is 0.315 e. The van der Waals surface area contributed by atoms with E-state index in [4.69, 9.17) is 15.7 Å². The topological polar surface area (TPSA) is 176 Å². The van der Waals surface area contributed by atoms with Gasteiger partial charge in [-0.15, -0.1) is 0 Å². The average Bonchev–Trinajstić information content (AvgIpc) is 2.41. The second kappa shape index (κ2) is 8.35. The smallest absolute Gasteiger partial charge is 0.315 e. The molecule has 2 amide bonds. The minimum absolute atomic E-state index is 0.987. The van der Waals surface area contributed by atoms with E-state index in [1.165, 1.54) is 0 Å². The molecule has 12 heteroatoms. The minimum atomic E-state index is -3.52. The number of nitrogens with one attached hydrogen (secondary N) is 1. The number of aliphatic hydroxyl groups excluding tert-OH is 4. The fourth-order valence-corrected chi connectivity index (χ4v) is 1.10. The van der Waals surface area contributed by atoms with Crippen LogP contribution >= 0.6 is 0 Å². The van der Waals surface area contributed by atoms with Crippen molar-refractivity contribution < 1.29 is 38.8 Å². The Labute approximate surface area is 110 Å². The van der Waals surface area contributed by atoms with Gasteiger partial charge in [0.25, 0.3) is 5.91 Å². The summed E-state index contributed by atoms with van der Waals surface area (Å²) in [4.78, 5) is 24.1. The molecular weight excluding hydrogens is 286 g/mol. The normalized spacial score (nSPS) is 16.8. The molecule has 0 radical (unpaired) electrons. The highest BCUT2D eigenvalue weighted by molar-refractivity contribution is 5.99. The largest absolute Gasteiger partial charge is 0.394 e. The Morgan fingerprint density at radius 1 is 1.20 bits per heavy atom. The van der Waals surface area contributed by atoms with Crippen LogP contribution in [-0.2, 0) is 9.59 Å². The summed E-state index contributed by atoms with van der Waals surface area (Å²) < 4.78 is 23.9. The highest BCUT2D eigenvalue weighted by atomic mass is 19.3. The Bertz CT molecular complexity index is 402. The summed E-state index contributed by atoms with van der Waals surface area (Å²) in [6, 6.07) is -2.15. The van der Waals surface area contributed by atoms with E-state index in [2.05, 4.69) is 10.0 Å². The Morgan fingerprint density at radius 3 is 2.15 bits per heavy atom. The van der Waals surface area contributed by atoms with Crippen molar-refractivity contribution in [2.45, 2.75) is 30.8 Å². The predicted molar refractivity (Wildman–Crippen MR) is 57.2 cm³/mol. The third kappa shape index (κ3) is 5.03. The molecule has 0 saturated carbocycles. The zero-order chi connectivity index (χ0) is 15.9. The van der Waals surface area contributed by atoms with Crippen LogP contribution in [0.2, 0.25) is 0 Å². The Balaban J connectivity index is 5.00. The molecule has 0 aliphatic heterocycles. The summed E-state index contributed by atoms with van der Waals surface area (Å²) in [5.74, 6) is -3.58. The SMILES string of the molecule is [N-]=[N+]=N[C@@H](C(=O)NC(=O)C(F)F)[C@@H](O)[C@@H](O)[C@H](O)CO. The molecule has 0 heterocycles. The van der Waals surface area contributed by atoms with Crippen molar-refractivity contribution >= 4 is 11.8 Å². The van der Waals surface area contributed by atoms with Crippen LogP contribution < -0.4 is 5.32 Å². The lowest BCUT2D eigenvalue weighted by atomic mass is 10.0. The first kappa shape index (κ1) is 18.1. The van der Waals surface area contributed by atoms with E-state index in [1.54, 1.807) is 0 Å². The quantitative estimate of drug-likeness (QED) is 0.199. The van der Waals surface area contributed by atoms with Crippen LogP contribution in [0, 0.1) is 0 Å². The second-order valence-electron chi connectivity index (χ2n) is 3.54. The summed E-state index contributed by atoms with van der Waals surface area (Å²) in [5, 5.41) is 40.3. The summed E-state index contributed by atoms with van der Waals surface area (Å²) in [6.07, 6.45) is -9.72. The second-order valence-corrected chi connectivity index (χ2v) is 3.54. The number of rotatable bonds is 7. The Kier molecular flexibility index (Phi) is 7.57. The van der Waals surface area contributed by atoms with Crippen LogP contribution in [0.4, 0.5) is 8.78 Å². The number of amides is 2. The zero-order valence-electron chi connectivity index (χ0n) is 9.80. The Hall–Kier alpha value is -1.85. The number of carbonyl (C=O) groups excluding carboxylic acids is 2. The molecule has 0 aliphatic rings. The Morgan fingerprint density at radius 2 is 1.75 bits per heavy atom. The first-order chi connectivity index (χ1) is 9.26. The van der Waals surface area contributed by atoms with Crippen molar-refractivity contribution in [3.63, 3.8) is 0 Å². The van der Waals surface area contributed by atoms with E-state index in [0.29, 0.717) is 0 Å². The fourth-order valence-electron chi connectivity index (χ4n) is 1.10. The first-order valence-corrected chi connectivity index (χ1v) is 5.08. The minimum Gasteiger partial charge on any atom is -0.394 e. The first-order valence-electron chi connectivity index (χ1n) is 5.08. The van der Waals surface area contributed by atoms with Gasteiger partial charge in [0.05, 0.1) is 12.7 Å². The number of nitrogens with zero attached hydrogens (tertiary/aromatic N) is 3. The molecule has 4 atom stereocenters. The summed E-state index contributed by atoms with van der Waals surface area (Å²) >= 11 is 0. The molecule has 0 aromatic heterocycles. The van der Waals surface area contributed by atoms with Gasteiger partial charge in [-0.3, -0.25) is 14.9 Å². The molecule has 0 aromatic carbocycles. The summed E-state index contributed by atoms with van der Waals surface area (Å²) in [6.45, 7) is -0.987. The molecule has 0 spiro atoms. The average molecular weight is 298 g/mol. The van der Waals surface area contributed by atoms with Crippen molar-refractivity contribution in [2.24, 2.45) is 5.11 Å². The molecule has 10 nitrogen and oxygen atoms in total. The highest BCUT2D eigenvalue weighted by Crippen LogP contribution is 2.09. The van der Waals surface area contributed by atoms with Crippen LogP contribution in [0.15, 0.2) is 5.11 Å². The number of imide groups is 1. The molecule has 0 unspecified atom stereocenters. The standard InChI is InChI=1S/C8H12F2N4O6/c9-6(10)8(20)12-7(19)3(13-14-11)5(18)4(17)2(16)1-15/h2-6,15-18H,1H2,(H,12,19,20)/t2-,3-,4+,5-/m1/s1. The molecule has 0 aliphatic carbocycles. The van der Waals surface area contributed by atoms with Gasteiger partial charge in [0.1, 0.15) is 18.2 Å². The molecule has 0 aromatic rings. The van der Waals surface area contributed by atoms with Crippen LogP contribution in [0.25, 0.3) is 10.4 Å². The van der Waals surface area contributed by atoms with E-state index in [1.807, 2.05) is 0 Å². The van der Waals surface area contributed by atoms with Gasteiger partial charge in [-0.2, -0.15) is 8.78 Å². The van der Waals surface area contributed by atoms with E-state index in [-0.39, 0.29) is 0 Å². The van der Waals surface area contributed by atoms with Gasteiger partial charge in [0.2, 0.25) is 5.91 Å². The van der Waals surface area contributed by atoms with Gasteiger partial charge in [0, 0.05) is 4.91 Å². The number of alkyl halides is 2. The molecule has 0 rings (SSSR count). The van der Waals surface area contributed by atoms with Crippen LogP contribution in [0.1, 0.15) is 0 Å². The van der Waals surface area contributed by atoms with E-state index >= 15 is 0 Å². The third-order valence-electron chi connectivity index (χ3n) is 2.14. The van der Waals surface area contributed by atoms with Gasteiger partial charge in [0.15, 0.2) is 0 Å². The maximum atomic E-state index is 11.9. The van der Waals surface area contributed by atoms with Crippen molar-refractivity contribution in [3.05, 3.63) is 10.4 Å². The number of aliphatic hydroxyl groups is 4. The molecular formula is C8H12F2N4O6. The van der Waals surface area contributed by atoms with Gasteiger partial charge >= 0.3 is 6.43 Å². The molecule has 0 bridgehead atoms. The zero-order valence-corrected chi connectivity index (χ0v) is 9.80. The molecule has 20 heavy (non-hydrogen) atoms. The molecule has 0 saturated heterocycles. The monoisotopic (exact) mass is 298 g/mol. The number of carbonyl (C=O) groups is 2. The van der Waals surface area contributed by atoms with E-state index < -0.39 is 49.2 Å². The molecule has 5 N–H and O–H groups in total. The van der Waals surface area contributed by atoms with E-state index in [0.717, 1.165) is 5.32 Å². The summed E-state index contributed by atoms with van der Waals surface area (Å²) in [7, 11) is 0. The lowest BCUT2D eigenvalue weighted by Gasteiger charge is -2.25. The highest BCUT2D eigenvalue weighted by Gasteiger charge is 2.36. The van der Waals surface area contributed by atoms with Gasteiger partial charge in [-0.25, -0.2) is 0 Å². The maximum absolute atomic E-state index is 11.9. The number of halogens is 2. The van der Waals surface area contributed by atoms with Gasteiger partial charge < -0.3 is 20.4 Å². The van der Waals surface area contributed by atoms with Crippen LogP contribution in [0.3, 0.4) is 0 Å². The van der Waals surface area contributed by atoms with Gasteiger partial charge in [-0.1, -0.05) is 5.11 Å². The van der Waals surface area contributed by atoms with Crippen molar-refractivity contribution in [3.8, 4) is 0 Å². The van der Waals surface area contributed by atoms with Crippen molar-refractivity contribution in [1.82, 2.24) is 5.32 Å². The summed E-state index contributed by atoms with van der Waals surface area (Å²) in [5.41, 5.74) is 8.20. The van der Waals surface area contributed by atoms with Crippen LogP contribution in [-0.4, -0.2) is 69.6 Å². The molecule has 0 fully saturated rings. The predicted octanol–water partition coefficient (Wildman–Crippen LogP) is -2.35. The lowest BCUT2D eigenvalue weighted by Crippen LogP contribution is -2.52. The van der Waals surface area contributed by atoms with E-state index in [9.17, 15) is 28.6 Å². The van der Waals surface area contributed by atoms with Crippen LogP contribution in [0.5, 0.6) is 0 Å².